The van der Waals surface area contributed by atoms with Gasteiger partial charge in [-0.25, -0.2) is 13.1 Å². The summed E-state index contributed by atoms with van der Waals surface area (Å²) in [5.74, 6) is -0.406. The number of nitrogens with zero attached hydrogens (tertiary/aromatic N) is 2. The first-order valence-electron chi connectivity index (χ1n) is 8.81. The number of hydrogen-bond acceptors (Lipinski definition) is 6. The van der Waals surface area contributed by atoms with Crippen LogP contribution in [-0.2, 0) is 21.2 Å². The van der Waals surface area contributed by atoms with Gasteiger partial charge in [-0.2, -0.15) is 5.10 Å². The summed E-state index contributed by atoms with van der Waals surface area (Å²) in [5, 5.41) is 7.33. The van der Waals surface area contributed by atoms with Gasteiger partial charge in [-0.1, -0.05) is 35.9 Å². The van der Waals surface area contributed by atoms with Crippen LogP contribution >= 0.6 is 11.8 Å². The largest absolute Gasteiger partial charge is 0.383 e. The Bertz CT molecular complexity index is 1160. The van der Waals surface area contributed by atoms with Gasteiger partial charge in [-0.3, -0.25) is 4.79 Å². The first-order chi connectivity index (χ1) is 13.7. The maximum absolute atomic E-state index is 13.1. The third kappa shape index (κ3) is 4.30. The summed E-state index contributed by atoms with van der Waals surface area (Å²) in [4.78, 5) is 12.6. The van der Waals surface area contributed by atoms with Crippen molar-refractivity contribution in [3.05, 3.63) is 59.7 Å². The zero-order valence-corrected chi connectivity index (χ0v) is 18.0. The second kappa shape index (κ2) is 8.30. The molecule has 3 aromatic rings. The van der Waals surface area contributed by atoms with Crippen LogP contribution in [0.1, 0.15) is 11.1 Å². The molecule has 2 aromatic carbocycles. The minimum Gasteiger partial charge on any atom is -0.383 e. The van der Waals surface area contributed by atoms with Gasteiger partial charge in [0.05, 0.1) is 4.90 Å². The Labute approximate surface area is 174 Å². The summed E-state index contributed by atoms with van der Waals surface area (Å²) in [6.45, 7) is 3.68. The van der Waals surface area contributed by atoms with Crippen LogP contribution in [0.5, 0.6) is 0 Å². The monoisotopic (exact) mass is 430 g/mol. The van der Waals surface area contributed by atoms with E-state index in [2.05, 4.69) is 10.4 Å². The summed E-state index contributed by atoms with van der Waals surface area (Å²) in [5.41, 5.74) is 8.84. The quantitative estimate of drug-likeness (QED) is 0.581. The van der Waals surface area contributed by atoms with Crippen molar-refractivity contribution >= 4 is 39.0 Å². The molecule has 29 heavy (non-hydrogen) atoms. The number of benzene rings is 2. The van der Waals surface area contributed by atoms with Crippen LogP contribution < -0.4 is 11.1 Å². The Kier molecular flexibility index (Phi) is 5.99. The van der Waals surface area contributed by atoms with Gasteiger partial charge in [0, 0.05) is 5.69 Å². The normalized spacial score (nSPS) is 11.4. The highest BCUT2D eigenvalue weighted by Crippen LogP contribution is 2.33. The third-order valence-electron chi connectivity index (χ3n) is 4.38. The van der Waals surface area contributed by atoms with E-state index in [9.17, 15) is 13.2 Å². The van der Waals surface area contributed by atoms with E-state index in [1.165, 1.54) is 16.8 Å². The Balaban J connectivity index is 1.91. The summed E-state index contributed by atoms with van der Waals surface area (Å²) in [7, 11) is -3.86. The first kappa shape index (κ1) is 20.9. The van der Waals surface area contributed by atoms with Gasteiger partial charge in [0.1, 0.15) is 22.3 Å². The van der Waals surface area contributed by atoms with Crippen molar-refractivity contribution in [1.29, 1.82) is 0 Å². The van der Waals surface area contributed by atoms with E-state index in [0.29, 0.717) is 5.69 Å². The van der Waals surface area contributed by atoms with Crippen molar-refractivity contribution in [2.45, 2.75) is 35.2 Å². The van der Waals surface area contributed by atoms with Crippen molar-refractivity contribution in [3.63, 3.8) is 0 Å². The van der Waals surface area contributed by atoms with Crippen LogP contribution in [0.2, 0.25) is 0 Å². The van der Waals surface area contributed by atoms with E-state index in [1.807, 2.05) is 32.0 Å². The van der Waals surface area contributed by atoms with Crippen LogP contribution in [0.4, 0.5) is 11.5 Å². The number of amides is 1. The molecule has 0 radical (unpaired) electrons. The molecule has 0 bridgehead atoms. The van der Waals surface area contributed by atoms with E-state index in [4.69, 9.17) is 5.73 Å². The Morgan fingerprint density at radius 3 is 2.48 bits per heavy atom. The lowest BCUT2D eigenvalue weighted by Gasteiger charge is -2.10. The molecule has 9 heteroatoms. The van der Waals surface area contributed by atoms with Crippen LogP contribution in [0.3, 0.4) is 0 Å². The van der Waals surface area contributed by atoms with Gasteiger partial charge in [-0.05, 0) is 43.9 Å². The predicted molar refractivity (Wildman–Crippen MR) is 115 cm³/mol. The summed E-state index contributed by atoms with van der Waals surface area (Å²) in [6.07, 6.45) is 1.71. The van der Waals surface area contributed by atoms with Crippen LogP contribution in [0, 0.1) is 13.8 Å². The molecule has 0 atom stereocenters. The van der Waals surface area contributed by atoms with Crippen molar-refractivity contribution in [2.75, 3.05) is 17.3 Å². The lowest BCUT2D eigenvalue weighted by atomic mass is 10.1. The second-order valence-electron chi connectivity index (χ2n) is 6.56. The SMILES string of the molecule is CSc1nn(CC(=O)Nc2ccc(C)cc2C)c(N)c1S(=O)(=O)c1ccccc1. The predicted octanol–water partition coefficient (Wildman–Crippen LogP) is 3.28. The molecular weight excluding hydrogens is 408 g/mol. The van der Waals surface area contributed by atoms with E-state index in [-0.39, 0.29) is 33.1 Å². The van der Waals surface area contributed by atoms with Crippen molar-refractivity contribution in [3.8, 4) is 0 Å². The molecule has 0 fully saturated rings. The molecule has 1 amide bonds. The fraction of sp³-hybridized carbons (Fsp3) is 0.200. The molecule has 0 unspecified atom stereocenters. The van der Waals surface area contributed by atoms with E-state index >= 15 is 0 Å². The topological polar surface area (TPSA) is 107 Å². The van der Waals surface area contributed by atoms with Gasteiger partial charge in [0.2, 0.25) is 15.7 Å². The molecule has 0 spiro atoms. The van der Waals surface area contributed by atoms with Gasteiger partial charge < -0.3 is 11.1 Å². The Hall–Kier alpha value is -2.78. The second-order valence-corrected chi connectivity index (χ2v) is 9.25. The number of aromatic nitrogens is 2. The highest BCUT2D eigenvalue weighted by molar-refractivity contribution is 7.99. The lowest BCUT2D eigenvalue weighted by Crippen LogP contribution is -2.21. The first-order valence-corrected chi connectivity index (χ1v) is 11.5. The molecule has 7 nitrogen and oxygen atoms in total. The number of rotatable bonds is 6. The molecule has 0 saturated heterocycles. The van der Waals surface area contributed by atoms with E-state index in [1.54, 1.807) is 24.5 Å². The molecule has 152 valence electrons. The molecule has 0 aliphatic carbocycles. The van der Waals surface area contributed by atoms with Crippen molar-refractivity contribution < 1.29 is 13.2 Å². The number of nitrogens with one attached hydrogen (secondary N) is 1. The number of carbonyl (C=O) groups excluding carboxylic acids is 1. The van der Waals surface area contributed by atoms with Gasteiger partial charge in [0.15, 0.2) is 0 Å². The summed E-state index contributed by atoms with van der Waals surface area (Å²) < 4.78 is 27.3. The standard InChI is InChI=1S/C20H22N4O3S2/c1-13-9-10-16(14(2)11-13)22-17(25)12-24-19(21)18(20(23-24)28-3)29(26,27)15-7-5-4-6-8-15/h4-11H,12,21H2,1-3H3,(H,22,25). The average molecular weight is 431 g/mol. The maximum atomic E-state index is 13.1. The minimum atomic E-state index is -3.86. The van der Waals surface area contributed by atoms with E-state index < -0.39 is 9.84 Å². The number of sulfone groups is 1. The van der Waals surface area contributed by atoms with Crippen LogP contribution in [0.25, 0.3) is 0 Å². The van der Waals surface area contributed by atoms with Crippen LogP contribution in [0.15, 0.2) is 63.3 Å². The van der Waals surface area contributed by atoms with Crippen molar-refractivity contribution in [1.82, 2.24) is 9.78 Å². The van der Waals surface area contributed by atoms with Crippen molar-refractivity contribution in [2.24, 2.45) is 0 Å². The number of nitrogens with two attached hydrogens (primary N) is 1. The number of thioether (sulfide) groups is 1. The zero-order valence-electron chi connectivity index (χ0n) is 16.3. The number of nitrogen functional groups attached to an aromatic ring is 1. The Morgan fingerprint density at radius 1 is 1.17 bits per heavy atom. The third-order valence-corrected chi connectivity index (χ3v) is 7.02. The molecule has 1 heterocycles. The van der Waals surface area contributed by atoms with Gasteiger partial charge >= 0.3 is 0 Å². The molecule has 0 aliphatic rings. The summed E-state index contributed by atoms with van der Waals surface area (Å²) >= 11 is 1.16. The fourth-order valence-electron chi connectivity index (χ4n) is 2.94. The number of carbonyl (C=O) groups is 1. The Morgan fingerprint density at radius 2 is 1.86 bits per heavy atom. The molecule has 0 aliphatic heterocycles. The number of anilines is 2. The maximum Gasteiger partial charge on any atom is 0.246 e. The van der Waals surface area contributed by atoms with Gasteiger partial charge in [-0.15, -0.1) is 11.8 Å². The number of hydrogen-bond donors (Lipinski definition) is 2. The molecule has 3 rings (SSSR count). The van der Waals surface area contributed by atoms with E-state index in [0.717, 1.165) is 22.9 Å². The minimum absolute atomic E-state index is 0.0611. The molecule has 3 N–H and O–H groups in total. The molecule has 1 aromatic heterocycles. The molecular formula is C20H22N4O3S2. The fourth-order valence-corrected chi connectivity index (χ4v) is 5.39. The molecule has 0 saturated carbocycles. The highest BCUT2D eigenvalue weighted by atomic mass is 32.2. The number of aryl methyl sites for hydroxylation is 2. The van der Waals surface area contributed by atoms with Crippen LogP contribution in [-0.4, -0.2) is 30.4 Å². The summed E-state index contributed by atoms with van der Waals surface area (Å²) in [6, 6.07) is 13.7. The van der Waals surface area contributed by atoms with Gasteiger partial charge in [0.25, 0.3) is 0 Å². The highest BCUT2D eigenvalue weighted by Gasteiger charge is 2.29. The average Bonchev–Trinajstić information content (AvgIpc) is 3.01. The zero-order chi connectivity index (χ0) is 21.2. The lowest BCUT2D eigenvalue weighted by molar-refractivity contribution is -0.116. The smallest absolute Gasteiger partial charge is 0.246 e.